The number of pyridine rings is 1. The molecule has 0 aliphatic rings. The summed E-state index contributed by atoms with van der Waals surface area (Å²) in [5.74, 6) is -0.429. The Morgan fingerprint density at radius 2 is 2.03 bits per heavy atom. The van der Waals surface area contributed by atoms with Crippen molar-refractivity contribution in [1.82, 2.24) is 4.98 Å². The van der Waals surface area contributed by atoms with E-state index in [4.69, 9.17) is 16.0 Å². The molecule has 8 heteroatoms. The molecule has 2 aromatic heterocycles. The van der Waals surface area contributed by atoms with Gasteiger partial charge in [-0.2, -0.15) is 0 Å². The summed E-state index contributed by atoms with van der Waals surface area (Å²) in [6.45, 7) is 1.56. The molecule has 4 aromatic rings. The maximum atomic E-state index is 13.3. The predicted octanol–water partition coefficient (Wildman–Crippen LogP) is 5.49. The fourth-order valence-corrected chi connectivity index (χ4v) is 3.85. The predicted molar refractivity (Wildman–Crippen MR) is 128 cm³/mol. The fraction of sp³-hybridized carbons (Fsp3) is 0.125. The lowest BCUT2D eigenvalue weighted by Crippen LogP contribution is -2.22. The summed E-state index contributed by atoms with van der Waals surface area (Å²) >= 11 is 7.81. The largest absolute Gasteiger partial charge is 0.436 e. The SMILES string of the molecule is CSc1cccc(N=c2oc3c(C)ncc(CO)c3cc2C(=O)Nc2ccccc2Cl)c1. The molecule has 162 valence electrons. The normalized spacial score (nSPS) is 11.7. The summed E-state index contributed by atoms with van der Waals surface area (Å²) in [6.07, 6.45) is 3.55. The Kier molecular flexibility index (Phi) is 6.60. The summed E-state index contributed by atoms with van der Waals surface area (Å²) < 4.78 is 6.09. The molecule has 1 amide bonds. The number of para-hydroxylation sites is 1. The number of nitrogens with zero attached hydrogens (tertiary/aromatic N) is 2. The van der Waals surface area contributed by atoms with Crippen LogP contribution in [0.2, 0.25) is 5.02 Å². The molecule has 0 unspecified atom stereocenters. The second-order valence-electron chi connectivity index (χ2n) is 6.98. The van der Waals surface area contributed by atoms with Crippen molar-refractivity contribution in [3.05, 3.63) is 88.2 Å². The van der Waals surface area contributed by atoms with Gasteiger partial charge in [0.2, 0.25) is 5.55 Å². The number of amides is 1. The number of hydrogen-bond acceptors (Lipinski definition) is 6. The van der Waals surface area contributed by atoms with Crippen molar-refractivity contribution in [2.75, 3.05) is 11.6 Å². The quantitative estimate of drug-likeness (QED) is 0.380. The third-order valence-electron chi connectivity index (χ3n) is 4.87. The summed E-state index contributed by atoms with van der Waals surface area (Å²) in [6, 6.07) is 16.3. The lowest BCUT2D eigenvalue weighted by atomic mass is 10.1. The zero-order valence-corrected chi connectivity index (χ0v) is 19.0. The maximum absolute atomic E-state index is 13.3. The number of anilines is 1. The molecule has 32 heavy (non-hydrogen) atoms. The van der Waals surface area contributed by atoms with E-state index in [0.717, 1.165) is 4.90 Å². The molecule has 0 atom stereocenters. The molecule has 6 nitrogen and oxygen atoms in total. The minimum atomic E-state index is -0.429. The van der Waals surface area contributed by atoms with E-state index in [9.17, 15) is 9.90 Å². The molecular formula is C24H20ClN3O3S. The van der Waals surface area contributed by atoms with Crippen molar-refractivity contribution in [2.24, 2.45) is 4.99 Å². The van der Waals surface area contributed by atoms with Gasteiger partial charge in [0.25, 0.3) is 5.91 Å². The fourth-order valence-electron chi connectivity index (χ4n) is 3.21. The second-order valence-corrected chi connectivity index (χ2v) is 8.27. The monoisotopic (exact) mass is 465 g/mol. The Morgan fingerprint density at radius 3 is 2.78 bits per heavy atom. The second kappa shape index (κ2) is 9.56. The van der Waals surface area contributed by atoms with Gasteiger partial charge in [0.05, 0.1) is 28.7 Å². The highest BCUT2D eigenvalue weighted by molar-refractivity contribution is 7.98. The van der Waals surface area contributed by atoms with Crippen LogP contribution < -0.4 is 10.9 Å². The van der Waals surface area contributed by atoms with Crippen LogP contribution in [-0.4, -0.2) is 22.3 Å². The van der Waals surface area contributed by atoms with E-state index in [1.54, 1.807) is 55.2 Å². The Bertz CT molecular complexity index is 1380. The van der Waals surface area contributed by atoms with Crippen LogP contribution in [0.15, 0.2) is 75.1 Å². The molecule has 0 aliphatic heterocycles. The van der Waals surface area contributed by atoms with Gasteiger partial charge in [0.15, 0.2) is 5.58 Å². The van der Waals surface area contributed by atoms with Crippen LogP contribution in [0.1, 0.15) is 21.6 Å². The highest BCUT2D eigenvalue weighted by Gasteiger charge is 2.17. The van der Waals surface area contributed by atoms with E-state index >= 15 is 0 Å². The van der Waals surface area contributed by atoms with Gasteiger partial charge in [-0.1, -0.05) is 29.8 Å². The Balaban J connectivity index is 1.94. The Labute approximate surface area is 194 Å². The summed E-state index contributed by atoms with van der Waals surface area (Å²) in [7, 11) is 0. The number of fused-ring (bicyclic) bond motifs is 1. The van der Waals surface area contributed by atoms with Crippen molar-refractivity contribution in [3.8, 4) is 0 Å². The van der Waals surface area contributed by atoms with Gasteiger partial charge in [-0.3, -0.25) is 9.78 Å². The number of aliphatic hydroxyl groups is 1. The van der Waals surface area contributed by atoms with Gasteiger partial charge in [0, 0.05) is 22.0 Å². The van der Waals surface area contributed by atoms with Crippen molar-refractivity contribution in [2.45, 2.75) is 18.4 Å². The first-order valence-corrected chi connectivity index (χ1v) is 11.4. The summed E-state index contributed by atoms with van der Waals surface area (Å²) in [4.78, 5) is 23.2. The number of aliphatic hydroxyl groups excluding tert-OH is 1. The highest BCUT2D eigenvalue weighted by atomic mass is 35.5. The molecule has 0 radical (unpaired) electrons. The lowest BCUT2D eigenvalue weighted by Gasteiger charge is -2.10. The molecule has 0 saturated carbocycles. The zero-order valence-electron chi connectivity index (χ0n) is 17.4. The molecule has 0 bridgehead atoms. The van der Waals surface area contributed by atoms with Crippen LogP contribution in [0, 0.1) is 6.92 Å². The van der Waals surface area contributed by atoms with Crippen molar-refractivity contribution in [3.63, 3.8) is 0 Å². The highest BCUT2D eigenvalue weighted by Crippen LogP contribution is 2.25. The van der Waals surface area contributed by atoms with Gasteiger partial charge >= 0.3 is 0 Å². The third kappa shape index (κ3) is 4.55. The first kappa shape index (κ1) is 22.1. The molecule has 0 saturated heterocycles. The van der Waals surface area contributed by atoms with Crippen LogP contribution in [0.3, 0.4) is 0 Å². The number of thioether (sulfide) groups is 1. The molecule has 2 N–H and O–H groups in total. The molecule has 0 spiro atoms. The zero-order chi connectivity index (χ0) is 22.7. The van der Waals surface area contributed by atoms with Crippen LogP contribution in [-0.2, 0) is 6.61 Å². The van der Waals surface area contributed by atoms with Gasteiger partial charge in [-0.15, -0.1) is 11.8 Å². The van der Waals surface area contributed by atoms with E-state index in [1.165, 1.54) is 0 Å². The summed E-state index contributed by atoms with van der Waals surface area (Å²) in [5, 5.41) is 13.6. The van der Waals surface area contributed by atoms with E-state index in [1.807, 2.05) is 30.5 Å². The molecular weight excluding hydrogens is 446 g/mol. The smallest absolute Gasteiger partial charge is 0.261 e. The number of aryl methyl sites for hydroxylation is 1. The first-order chi connectivity index (χ1) is 15.5. The summed E-state index contributed by atoms with van der Waals surface area (Å²) in [5.41, 5.74) is 3.12. The van der Waals surface area contributed by atoms with E-state index in [-0.39, 0.29) is 17.7 Å². The lowest BCUT2D eigenvalue weighted by molar-refractivity contribution is 0.102. The average molecular weight is 466 g/mol. The molecule has 0 aliphatic carbocycles. The average Bonchev–Trinajstić information content (AvgIpc) is 2.81. The van der Waals surface area contributed by atoms with Crippen molar-refractivity contribution < 1.29 is 14.3 Å². The third-order valence-corrected chi connectivity index (χ3v) is 5.93. The number of carbonyl (C=O) groups is 1. The number of rotatable bonds is 5. The van der Waals surface area contributed by atoms with E-state index < -0.39 is 5.91 Å². The van der Waals surface area contributed by atoms with E-state index in [0.29, 0.717) is 38.6 Å². The van der Waals surface area contributed by atoms with Crippen molar-refractivity contribution >= 4 is 51.6 Å². The van der Waals surface area contributed by atoms with E-state index in [2.05, 4.69) is 15.3 Å². The van der Waals surface area contributed by atoms with Crippen LogP contribution in [0.25, 0.3) is 11.0 Å². The number of carbonyl (C=O) groups excluding carboxylic acids is 1. The van der Waals surface area contributed by atoms with Gasteiger partial charge < -0.3 is 14.8 Å². The number of halogens is 1. The molecule has 2 aromatic carbocycles. The van der Waals surface area contributed by atoms with Gasteiger partial charge in [-0.05, 0) is 49.6 Å². The van der Waals surface area contributed by atoms with Crippen LogP contribution in [0.4, 0.5) is 11.4 Å². The molecule has 4 rings (SSSR count). The Hall–Kier alpha value is -3.13. The molecule has 0 fully saturated rings. The van der Waals surface area contributed by atoms with Crippen LogP contribution in [0.5, 0.6) is 0 Å². The topological polar surface area (TPSA) is 87.7 Å². The maximum Gasteiger partial charge on any atom is 0.261 e. The number of hydrogen-bond donors (Lipinski definition) is 2. The number of nitrogens with one attached hydrogen (secondary N) is 1. The first-order valence-electron chi connectivity index (χ1n) is 9.78. The standard InChI is InChI=1S/C24H20ClN3O3S/c1-14-22-18(15(13-29)12-26-14)11-19(23(30)28-21-9-4-3-8-20(21)25)24(31-22)27-16-6-5-7-17(10-16)32-2/h3-12,29H,13H2,1-2H3,(H,28,30). The minimum Gasteiger partial charge on any atom is -0.436 e. The number of aromatic nitrogens is 1. The van der Waals surface area contributed by atoms with Crippen molar-refractivity contribution in [1.29, 1.82) is 0 Å². The molecule has 2 heterocycles. The number of benzene rings is 2. The van der Waals surface area contributed by atoms with Crippen LogP contribution >= 0.6 is 23.4 Å². The Morgan fingerprint density at radius 1 is 1.22 bits per heavy atom. The van der Waals surface area contributed by atoms with Gasteiger partial charge in [0.1, 0.15) is 5.56 Å². The van der Waals surface area contributed by atoms with Gasteiger partial charge in [-0.25, -0.2) is 4.99 Å². The minimum absolute atomic E-state index is 0.139.